The molecule has 0 atom stereocenters. The van der Waals surface area contributed by atoms with Crippen LogP contribution in [0.5, 0.6) is 0 Å². The zero-order valence-electron chi connectivity index (χ0n) is 18.6. The molecule has 3 heterocycles. The molecule has 0 unspecified atom stereocenters. The second kappa shape index (κ2) is 8.74. The number of fused-ring (bicyclic) bond motifs is 1. The van der Waals surface area contributed by atoms with Gasteiger partial charge in [-0.1, -0.05) is 47.6 Å². The van der Waals surface area contributed by atoms with Crippen LogP contribution in [0.15, 0.2) is 77.9 Å². The summed E-state index contributed by atoms with van der Waals surface area (Å²) in [6, 6.07) is 16.3. The van der Waals surface area contributed by atoms with Crippen molar-refractivity contribution >= 4 is 28.6 Å². The molecule has 0 fully saturated rings. The molecule has 5 rings (SSSR count). The van der Waals surface area contributed by atoms with Gasteiger partial charge in [-0.25, -0.2) is 9.50 Å². The first-order valence-corrected chi connectivity index (χ1v) is 10.7. The SMILES string of the molecule is Cc1ccc(C(=O)Cc2ccon2)cc1Nc1ncnn2cc(C(=O)c3ccccc3)c(C)c12. The summed E-state index contributed by atoms with van der Waals surface area (Å²) in [5.41, 5.74) is 5.45. The minimum absolute atomic E-state index is 0.0700. The van der Waals surface area contributed by atoms with E-state index in [0.717, 1.165) is 16.8 Å². The van der Waals surface area contributed by atoms with Crippen LogP contribution < -0.4 is 5.32 Å². The number of nitrogens with one attached hydrogen (secondary N) is 1. The van der Waals surface area contributed by atoms with Crippen LogP contribution in [0.2, 0.25) is 0 Å². The summed E-state index contributed by atoms with van der Waals surface area (Å²) in [6.45, 7) is 3.83. The maximum absolute atomic E-state index is 13.1. The van der Waals surface area contributed by atoms with E-state index in [0.29, 0.717) is 33.7 Å². The van der Waals surface area contributed by atoms with Gasteiger partial charge in [0.2, 0.25) is 0 Å². The van der Waals surface area contributed by atoms with Gasteiger partial charge in [0.15, 0.2) is 17.4 Å². The topological polar surface area (TPSA) is 102 Å². The molecule has 5 aromatic rings. The van der Waals surface area contributed by atoms with Crippen LogP contribution in [0.25, 0.3) is 5.52 Å². The zero-order chi connectivity index (χ0) is 23.7. The number of benzene rings is 2. The van der Waals surface area contributed by atoms with Crippen LogP contribution >= 0.6 is 0 Å². The monoisotopic (exact) mass is 451 g/mol. The van der Waals surface area contributed by atoms with Crippen LogP contribution in [0, 0.1) is 13.8 Å². The largest absolute Gasteiger partial charge is 0.364 e. The lowest BCUT2D eigenvalue weighted by molar-refractivity contribution is 0.0989. The minimum Gasteiger partial charge on any atom is -0.364 e. The Morgan fingerprint density at radius 1 is 1.03 bits per heavy atom. The van der Waals surface area contributed by atoms with Gasteiger partial charge in [0.1, 0.15) is 18.1 Å². The summed E-state index contributed by atoms with van der Waals surface area (Å²) in [6.07, 6.45) is 4.75. The van der Waals surface area contributed by atoms with Crippen molar-refractivity contribution in [2.45, 2.75) is 20.3 Å². The molecular formula is C26H21N5O3. The van der Waals surface area contributed by atoms with Gasteiger partial charge in [-0.15, -0.1) is 0 Å². The third-order valence-corrected chi connectivity index (χ3v) is 5.75. The lowest BCUT2D eigenvalue weighted by atomic mass is 10.0. The van der Waals surface area contributed by atoms with Gasteiger partial charge in [-0.3, -0.25) is 9.59 Å². The molecule has 0 amide bonds. The molecule has 3 aromatic heterocycles. The number of rotatable bonds is 7. The summed E-state index contributed by atoms with van der Waals surface area (Å²) in [5.74, 6) is 0.398. The molecule has 0 spiro atoms. The van der Waals surface area contributed by atoms with E-state index in [-0.39, 0.29) is 18.0 Å². The van der Waals surface area contributed by atoms with Crippen molar-refractivity contribution in [1.29, 1.82) is 0 Å². The summed E-state index contributed by atoms with van der Waals surface area (Å²) >= 11 is 0. The summed E-state index contributed by atoms with van der Waals surface area (Å²) in [4.78, 5) is 30.2. The molecule has 8 nitrogen and oxygen atoms in total. The van der Waals surface area contributed by atoms with Crippen LogP contribution in [-0.2, 0) is 6.42 Å². The molecule has 0 saturated carbocycles. The average molecular weight is 451 g/mol. The van der Waals surface area contributed by atoms with E-state index in [1.165, 1.54) is 12.6 Å². The first-order valence-electron chi connectivity index (χ1n) is 10.7. The highest BCUT2D eigenvalue weighted by Gasteiger charge is 2.20. The Morgan fingerprint density at radius 2 is 1.85 bits per heavy atom. The second-order valence-corrected chi connectivity index (χ2v) is 8.01. The number of aromatic nitrogens is 4. The Bertz CT molecular complexity index is 1500. The second-order valence-electron chi connectivity index (χ2n) is 8.01. The molecule has 0 bridgehead atoms. The van der Waals surface area contributed by atoms with E-state index in [1.807, 2.05) is 38.1 Å². The van der Waals surface area contributed by atoms with Gasteiger partial charge in [0.25, 0.3) is 0 Å². The predicted octanol–water partition coefficient (Wildman–Crippen LogP) is 4.73. The Labute approximate surface area is 195 Å². The van der Waals surface area contributed by atoms with Crippen molar-refractivity contribution in [2.75, 3.05) is 5.32 Å². The van der Waals surface area contributed by atoms with Crippen molar-refractivity contribution in [2.24, 2.45) is 0 Å². The highest BCUT2D eigenvalue weighted by Crippen LogP contribution is 2.28. The molecule has 34 heavy (non-hydrogen) atoms. The molecule has 0 aliphatic rings. The van der Waals surface area contributed by atoms with E-state index >= 15 is 0 Å². The van der Waals surface area contributed by atoms with Gasteiger partial charge >= 0.3 is 0 Å². The van der Waals surface area contributed by atoms with Gasteiger partial charge in [0.05, 0.1) is 12.1 Å². The maximum Gasteiger partial charge on any atom is 0.194 e. The Morgan fingerprint density at radius 3 is 2.62 bits per heavy atom. The highest BCUT2D eigenvalue weighted by molar-refractivity contribution is 6.11. The van der Waals surface area contributed by atoms with Crippen molar-refractivity contribution in [1.82, 2.24) is 19.8 Å². The predicted molar refractivity (Wildman–Crippen MR) is 127 cm³/mol. The van der Waals surface area contributed by atoms with E-state index in [4.69, 9.17) is 4.52 Å². The van der Waals surface area contributed by atoms with Crippen LogP contribution in [0.4, 0.5) is 11.5 Å². The number of anilines is 2. The van der Waals surface area contributed by atoms with E-state index in [9.17, 15) is 9.59 Å². The van der Waals surface area contributed by atoms with Gasteiger partial charge < -0.3 is 9.84 Å². The van der Waals surface area contributed by atoms with E-state index in [2.05, 4.69) is 20.6 Å². The molecule has 2 aromatic carbocycles. The van der Waals surface area contributed by atoms with Crippen molar-refractivity contribution in [3.05, 3.63) is 107 Å². The normalized spacial score (nSPS) is 11.0. The van der Waals surface area contributed by atoms with Gasteiger partial charge in [-0.05, 0) is 31.0 Å². The number of nitrogens with zero attached hydrogens (tertiary/aromatic N) is 4. The number of aryl methyl sites for hydroxylation is 2. The van der Waals surface area contributed by atoms with Crippen molar-refractivity contribution < 1.29 is 14.1 Å². The standard InChI is InChI=1S/C26H21N5O3/c1-16-8-9-19(23(32)13-20-10-11-34-30-20)12-22(16)29-26-24-17(2)21(14-31(24)28-15-27-26)25(33)18-6-4-3-5-7-18/h3-12,14-15H,13H2,1-2H3,(H,27,28,29). The molecule has 168 valence electrons. The van der Waals surface area contributed by atoms with Gasteiger partial charge in [-0.2, -0.15) is 5.10 Å². The molecule has 1 N–H and O–H groups in total. The third-order valence-electron chi connectivity index (χ3n) is 5.75. The van der Waals surface area contributed by atoms with Crippen molar-refractivity contribution in [3.8, 4) is 0 Å². The lowest BCUT2D eigenvalue weighted by Gasteiger charge is -2.12. The summed E-state index contributed by atoms with van der Waals surface area (Å²) in [5, 5.41) is 11.4. The summed E-state index contributed by atoms with van der Waals surface area (Å²) < 4.78 is 6.47. The minimum atomic E-state index is -0.0776. The average Bonchev–Trinajstić information content (AvgIpc) is 3.48. The first-order chi connectivity index (χ1) is 16.5. The number of carbonyl (C=O) groups excluding carboxylic acids is 2. The molecular weight excluding hydrogens is 430 g/mol. The summed E-state index contributed by atoms with van der Waals surface area (Å²) in [7, 11) is 0. The fraction of sp³-hybridized carbons (Fsp3) is 0.115. The van der Waals surface area contributed by atoms with Gasteiger partial charge in [0, 0.05) is 34.6 Å². The number of Topliss-reactive ketones (excluding diaryl/α,β-unsaturated/α-hetero) is 1. The third kappa shape index (κ3) is 3.97. The number of ketones is 2. The Kier molecular flexibility index (Phi) is 5.47. The molecule has 0 aliphatic heterocycles. The molecule has 0 saturated heterocycles. The molecule has 0 aliphatic carbocycles. The number of hydrogen-bond acceptors (Lipinski definition) is 7. The first kappa shape index (κ1) is 21.3. The van der Waals surface area contributed by atoms with Crippen LogP contribution in [-0.4, -0.2) is 31.3 Å². The fourth-order valence-corrected chi connectivity index (χ4v) is 3.88. The maximum atomic E-state index is 13.1. The Hall–Kier alpha value is -4.59. The smallest absolute Gasteiger partial charge is 0.194 e. The van der Waals surface area contributed by atoms with Crippen LogP contribution in [0.1, 0.15) is 43.1 Å². The van der Waals surface area contributed by atoms with E-state index in [1.54, 1.807) is 41.0 Å². The fourth-order valence-electron chi connectivity index (χ4n) is 3.88. The van der Waals surface area contributed by atoms with Crippen LogP contribution in [0.3, 0.4) is 0 Å². The number of hydrogen-bond donors (Lipinski definition) is 1. The number of carbonyl (C=O) groups is 2. The highest BCUT2D eigenvalue weighted by atomic mass is 16.5. The lowest BCUT2D eigenvalue weighted by Crippen LogP contribution is -2.06. The molecule has 0 radical (unpaired) electrons. The zero-order valence-corrected chi connectivity index (χ0v) is 18.6. The Balaban J connectivity index is 1.49. The van der Waals surface area contributed by atoms with Crippen molar-refractivity contribution in [3.63, 3.8) is 0 Å². The van der Waals surface area contributed by atoms with E-state index < -0.39 is 0 Å². The quantitative estimate of drug-likeness (QED) is 0.357. The molecule has 8 heteroatoms.